The highest BCUT2D eigenvalue weighted by atomic mass is 35.5. The SMILES string of the molecule is Cc1ccc(Cl)c(O)c1C1(O)CC1. The van der Waals surface area contributed by atoms with Gasteiger partial charge in [0.2, 0.25) is 0 Å². The molecule has 1 aromatic rings. The number of aryl methyl sites for hydroxylation is 1. The van der Waals surface area contributed by atoms with Crippen LogP contribution in [0.25, 0.3) is 0 Å². The van der Waals surface area contributed by atoms with Crippen molar-refractivity contribution in [1.82, 2.24) is 0 Å². The third-order valence-corrected chi connectivity index (χ3v) is 2.83. The Hall–Kier alpha value is -0.730. The largest absolute Gasteiger partial charge is 0.506 e. The Balaban J connectivity index is 2.61. The lowest BCUT2D eigenvalue weighted by atomic mass is 10.0. The van der Waals surface area contributed by atoms with E-state index in [2.05, 4.69) is 0 Å². The maximum atomic E-state index is 9.87. The first-order valence-electron chi connectivity index (χ1n) is 4.25. The van der Waals surface area contributed by atoms with E-state index in [1.165, 1.54) is 0 Å². The summed E-state index contributed by atoms with van der Waals surface area (Å²) in [6.07, 6.45) is 1.42. The molecule has 0 bridgehead atoms. The Morgan fingerprint density at radius 1 is 1.38 bits per heavy atom. The topological polar surface area (TPSA) is 40.5 Å². The van der Waals surface area contributed by atoms with Crippen LogP contribution in [0.2, 0.25) is 5.02 Å². The minimum Gasteiger partial charge on any atom is -0.506 e. The van der Waals surface area contributed by atoms with Crippen LogP contribution in [-0.2, 0) is 5.60 Å². The highest BCUT2D eigenvalue weighted by Crippen LogP contribution is 2.51. The van der Waals surface area contributed by atoms with Crippen LogP contribution in [-0.4, -0.2) is 10.2 Å². The van der Waals surface area contributed by atoms with Crippen LogP contribution in [0.4, 0.5) is 0 Å². The molecular formula is C10H11ClO2. The zero-order chi connectivity index (χ0) is 9.64. The number of benzene rings is 1. The van der Waals surface area contributed by atoms with E-state index in [9.17, 15) is 10.2 Å². The van der Waals surface area contributed by atoms with Crippen molar-refractivity contribution in [3.63, 3.8) is 0 Å². The molecule has 13 heavy (non-hydrogen) atoms. The zero-order valence-corrected chi connectivity index (χ0v) is 8.10. The first kappa shape index (κ1) is 8.85. The van der Waals surface area contributed by atoms with Gasteiger partial charge in [0.1, 0.15) is 5.75 Å². The Labute approximate surface area is 81.8 Å². The van der Waals surface area contributed by atoms with Gasteiger partial charge in [-0.15, -0.1) is 0 Å². The number of hydrogen-bond donors (Lipinski definition) is 2. The second-order valence-corrected chi connectivity index (χ2v) is 4.03. The first-order valence-corrected chi connectivity index (χ1v) is 4.63. The summed E-state index contributed by atoms with van der Waals surface area (Å²) >= 11 is 5.76. The Bertz CT molecular complexity index is 356. The van der Waals surface area contributed by atoms with Crippen LogP contribution < -0.4 is 0 Å². The van der Waals surface area contributed by atoms with Crippen LogP contribution in [0.3, 0.4) is 0 Å². The number of aromatic hydroxyl groups is 1. The average Bonchev–Trinajstić information content (AvgIpc) is 2.78. The van der Waals surface area contributed by atoms with Gasteiger partial charge >= 0.3 is 0 Å². The maximum Gasteiger partial charge on any atom is 0.140 e. The van der Waals surface area contributed by atoms with E-state index in [-0.39, 0.29) is 5.75 Å². The fourth-order valence-corrected chi connectivity index (χ4v) is 1.78. The Morgan fingerprint density at radius 3 is 2.54 bits per heavy atom. The minimum atomic E-state index is -0.820. The third-order valence-electron chi connectivity index (χ3n) is 2.53. The molecule has 0 amide bonds. The summed E-state index contributed by atoms with van der Waals surface area (Å²) in [6, 6.07) is 3.45. The number of aliphatic hydroxyl groups is 1. The normalized spacial score (nSPS) is 18.7. The van der Waals surface area contributed by atoms with Gasteiger partial charge in [-0.05, 0) is 31.4 Å². The molecule has 2 N–H and O–H groups in total. The molecule has 3 heteroatoms. The lowest BCUT2D eigenvalue weighted by Gasteiger charge is -2.14. The van der Waals surface area contributed by atoms with Gasteiger partial charge in [-0.3, -0.25) is 0 Å². The lowest BCUT2D eigenvalue weighted by molar-refractivity contribution is 0.147. The van der Waals surface area contributed by atoms with Gasteiger partial charge in [0.15, 0.2) is 0 Å². The first-order chi connectivity index (χ1) is 6.04. The molecule has 0 atom stereocenters. The van der Waals surface area contributed by atoms with Crippen LogP contribution in [0.1, 0.15) is 24.0 Å². The van der Waals surface area contributed by atoms with E-state index in [4.69, 9.17) is 11.6 Å². The van der Waals surface area contributed by atoms with E-state index in [1.807, 2.05) is 13.0 Å². The quantitative estimate of drug-likeness (QED) is 0.727. The molecule has 0 saturated heterocycles. The second kappa shape index (κ2) is 2.63. The van der Waals surface area contributed by atoms with Crippen molar-refractivity contribution in [2.75, 3.05) is 0 Å². The predicted molar refractivity (Wildman–Crippen MR) is 51.0 cm³/mol. The second-order valence-electron chi connectivity index (χ2n) is 3.62. The smallest absolute Gasteiger partial charge is 0.140 e. The summed E-state index contributed by atoms with van der Waals surface area (Å²) in [6.45, 7) is 1.86. The standard InChI is InChI=1S/C10H11ClO2/c1-6-2-3-7(11)9(12)8(6)10(13)4-5-10/h2-3,12-13H,4-5H2,1H3. The van der Waals surface area contributed by atoms with Gasteiger partial charge in [-0.1, -0.05) is 17.7 Å². The van der Waals surface area contributed by atoms with Crippen LogP contribution >= 0.6 is 11.6 Å². The Morgan fingerprint density at radius 2 is 2.00 bits per heavy atom. The van der Waals surface area contributed by atoms with Crippen LogP contribution in [0.5, 0.6) is 5.75 Å². The molecule has 0 aromatic heterocycles. The molecule has 70 valence electrons. The molecule has 0 heterocycles. The van der Waals surface area contributed by atoms with E-state index >= 15 is 0 Å². The molecule has 0 radical (unpaired) electrons. The predicted octanol–water partition coefficient (Wildman–Crippen LogP) is 2.34. The van der Waals surface area contributed by atoms with Gasteiger partial charge < -0.3 is 10.2 Å². The summed E-state index contributed by atoms with van der Waals surface area (Å²) in [5.74, 6) is 0.0293. The van der Waals surface area contributed by atoms with Gasteiger partial charge in [-0.2, -0.15) is 0 Å². The van der Waals surface area contributed by atoms with E-state index in [0.29, 0.717) is 23.4 Å². The van der Waals surface area contributed by atoms with Crippen molar-refractivity contribution in [1.29, 1.82) is 0 Å². The Kier molecular flexibility index (Phi) is 1.79. The molecule has 1 aliphatic rings. The van der Waals surface area contributed by atoms with Crippen molar-refractivity contribution >= 4 is 11.6 Å². The van der Waals surface area contributed by atoms with Crippen LogP contribution in [0, 0.1) is 6.92 Å². The molecule has 0 aliphatic heterocycles. The van der Waals surface area contributed by atoms with Crippen LogP contribution in [0.15, 0.2) is 12.1 Å². The number of rotatable bonds is 1. The van der Waals surface area contributed by atoms with E-state index in [1.54, 1.807) is 6.07 Å². The molecule has 0 unspecified atom stereocenters. The average molecular weight is 199 g/mol. The molecule has 1 aromatic carbocycles. The van der Waals surface area contributed by atoms with Gasteiger partial charge in [0.05, 0.1) is 10.6 Å². The van der Waals surface area contributed by atoms with Gasteiger partial charge in [0.25, 0.3) is 0 Å². The van der Waals surface area contributed by atoms with Crippen molar-refractivity contribution in [3.8, 4) is 5.75 Å². The summed E-state index contributed by atoms with van der Waals surface area (Å²) in [4.78, 5) is 0. The molecule has 2 rings (SSSR count). The third kappa shape index (κ3) is 1.30. The summed E-state index contributed by atoms with van der Waals surface area (Å²) in [5, 5.41) is 19.8. The van der Waals surface area contributed by atoms with Crippen molar-refractivity contribution in [3.05, 3.63) is 28.3 Å². The number of phenols is 1. The number of hydrogen-bond acceptors (Lipinski definition) is 2. The monoisotopic (exact) mass is 198 g/mol. The zero-order valence-electron chi connectivity index (χ0n) is 7.34. The highest BCUT2D eigenvalue weighted by Gasteiger charge is 2.45. The number of halogens is 1. The molecule has 1 aliphatic carbocycles. The molecule has 1 saturated carbocycles. The summed E-state index contributed by atoms with van der Waals surface area (Å²) < 4.78 is 0. The van der Waals surface area contributed by atoms with Crippen molar-refractivity contribution in [2.24, 2.45) is 0 Å². The maximum absolute atomic E-state index is 9.87. The molecule has 1 fully saturated rings. The van der Waals surface area contributed by atoms with Gasteiger partial charge in [-0.25, -0.2) is 0 Å². The summed E-state index contributed by atoms with van der Waals surface area (Å²) in [5.41, 5.74) is 0.668. The lowest BCUT2D eigenvalue weighted by Crippen LogP contribution is -2.07. The van der Waals surface area contributed by atoms with E-state index in [0.717, 1.165) is 5.56 Å². The van der Waals surface area contributed by atoms with Gasteiger partial charge in [0, 0.05) is 5.56 Å². The molecular weight excluding hydrogens is 188 g/mol. The number of phenolic OH excluding ortho intramolecular Hbond substituents is 1. The van der Waals surface area contributed by atoms with Crippen molar-refractivity contribution in [2.45, 2.75) is 25.4 Å². The fraction of sp³-hybridized carbons (Fsp3) is 0.400. The summed E-state index contributed by atoms with van der Waals surface area (Å²) in [7, 11) is 0. The fourth-order valence-electron chi connectivity index (χ4n) is 1.62. The highest BCUT2D eigenvalue weighted by molar-refractivity contribution is 6.32. The molecule has 2 nitrogen and oxygen atoms in total. The van der Waals surface area contributed by atoms with Crippen molar-refractivity contribution < 1.29 is 10.2 Å². The molecule has 0 spiro atoms. The van der Waals surface area contributed by atoms with E-state index < -0.39 is 5.60 Å². The minimum absolute atomic E-state index is 0.0293.